The topological polar surface area (TPSA) is 70.8 Å². The number of nitrogens with zero attached hydrogens (tertiary/aromatic N) is 1. The lowest BCUT2D eigenvalue weighted by Gasteiger charge is -2.13. The Labute approximate surface area is 150 Å². The van der Waals surface area contributed by atoms with E-state index in [1.54, 1.807) is 11.0 Å². The molecule has 1 aliphatic heterocycles. The van der Waals surface area contributed by atoms with Crippen LogP contribution in [0.25, 0.3) is 6.08 Å². The number of carbonyl (C=O) groups is 2. The molecule has 1 saturated heterocycles. The summed E-state index contributed by atoms with van der Waals surface area (Å²) >= 11 is 6.53. The highest BCUT2D eigenvalue weighted by Crippen LogP contribution is 2.47. The summed E-state index contributed by atoms with van der Waals surface area (Å²) in [4.78, 5) is 25.1. The SMILES string of the molecule is C[C@H]1C[C@@H]1c1ccc(/C=C2\SC(=S)N(CCCCC(=O)O)C2=O)o1. The predicted octanol–water partition coefficient (Wildman–Crippen LogP) is 3.86. The van der Waals surface area contributed by atoms with Crippen molar-refractivity contribution < 1.29 is 19.1 Å². The number of rotatable bonds is 7. The van der Waals surface area contributed by atoms with Gasteiger partial charge in [-0.05, 0) is 37.3 Å². The molecule has 3 rings (SSSR count). The van der Waals surface area contributed by atoms with Gasteiger partial charge in [-0.15, -0.1) is 0 Å². The van der Waals surface area contributed by atoms with E-state index in [2.05, 4.69) is 6.92 Å². The zero-order valence-corrected chi connectivity index (χ0v) is 15.0. The maximum absolute atomic E-state index is 12.4. The maximum Gasteiger partial charge on any atom is 0.303 e. The molecule has 7 heteroatoms. The van der Waals surface area contributed by atoms with Gasteiger partial charge in [-0.3, -0.25) is 14.5 Å². The van der Waals surface area contributed by atoms with Crippen molar-refractivity contribution in [3.05, 3.63) is 28.6 Å². The Balaban J connectivity index is 1.60. The highest BCUT2D eigenvalue weighted by molar-refractivity contribution is 8.26. The molecule has 0 aromatic carbocycles. The van der Waals surface area contributed by atoms with Crippen LogP contribution < -0.4 is 0 Å². The van der Waals surface area contributed by atoms with E-state index in [4.69, 9.17) is 21.7 Å². The standard InChI is InChI=1S/C17H19NO4S2/c1-10-8-12(10)13-6-5-11(22-13)9-14-16(21)18(17(23)24-14)7-3-2-4-15(19)20/h5-6,9-10,12H,2-4,7-8H2,1H3,(H,19,20)/b14-9-/t10-,12-/m0/s1. The summed E-state index contributed by atoms with van der Waals surface area (Å²) in [5, 5.41) is 8.65. The average molecular weight is 365 g/mol. The molecule has 24 heavy (non-hydrogen) atoms. The van der Waals surface area contributed by atoms with Crippen molar-refractivity contribution in [3.63, 3.8) is 0 Å². The van der Waals surface area contributed by atoms with Gasteiger partial charge in [-0.2, -0.15) is 0 Å². The molecule has 1 N–H and O–H groups in total. The molecule has 1 aliphatic carbocycles. The summed E-state index contributed by atoms with van der Waals surface area (Å²) in [5.74, 6) is 1.90. The Kier molecular flexibility index (Phi) is 5.10. The van der Waals surface area contributed by atoms with Crippen molar-refractivity contribution in [1.82, 2.24) is 4.90 Å². The first-order valence-corrected chi connectivity index (χ1v) is 9.25. The second-order valence-electron chi connectivity index (χ2n) is 6.24. The Hall–Kier alpha value is -1.60. The fourth-order valence-electron chi connectivity index (χ4n) is 2.73. The van der Waals surface area contributed by atoms with Crippen molar-refractivity contribution in [3.8, 4) is 0 Å². The number of hydrogen-bond acceptors (Lipinski definition) is 5. The third-order valence-electron chi connectivity index (χ3n) is 4.29. The van der Waals surface area contributed by atoms with Crippen molar-refractivity contribution in [2.45, 2.75) is 38.5 Å². The fourth-order valence-corrected chi connectivity index (χ4v) is 4.02. The van der Waals surface area contributed by atoms with E-state index >= 15 is 0 Å². The maximum atomic E-state index is 12.4. The second-order valence-corrected chi connectivity index (χ2v) is 7.92. The van der Waals surface area contributed by atoms with Gasteiger partial charge in [0.1, 0.15) is 15.8 Å². The molecule has 2 aliphatic rings. The highest BCUT2D eigenvalue weighted by Gasteiger charge is 2.37. The molecule has 2 fully saturated rings. The number of amides is 1. The number of carboxylic acid groups (broad SMARTS) is 1. The van der Waals surface area contributed by atoms with E-state index in [-0.39, 0.29) is 12.3 Å². The predicted molar refractivity (Wildman–Crippen MR) is 96.6 cm³/mol. The molecule has 1 aromatic rings. The van der Waals surface area contributed by atoms with E-state index in [9.17, 15) is 9.59 Å². The lowest BCUT2D eigenvalue weighted by atomic mass is 10.2. The molecule has 0 radical (unpaired) electrons. The first kappa shape index (κ1) is 17.2. The van der Waals surface area contributed by atoms with Crippen LogP contribution in [0.3, 0.4) is 0 Å². The average Bonchev–Trinajstić information content (AvgIpc) is 2.97. The third-order valence-corrected chi connectivity index (χ3v) is 5.67. The lowest BCUT2D eigenvalue weighted by molar-refractivity contribution is -0.137. The largest absolute Gasteiger partial charge is 0.481 e. The summed E-state index contributed by atoms with van der Waals surface area (Å²) in [5.41, 5.74) is 0. The van der Waals surface area contributed by atoms with Crippen molar-refractivity contribution >= 4 is 46.3 Å². The van der Waals surface area contributed by atoms with Gasteiger partial charge >= 0.3 is 5.97 Å². The van der Waals surface area contributed by atoms with Crippen LogP contribution >= 0.6 is 24.0 Å². The summed E-state index contributed by atoms with van der Waals surface area (Å²) in [6, 6.07) is 3.87. The van der Waals surface area contributed by atoms with Crippen LogP contribution in [0, 0.1) is 5.92 Å². The van der Waals surface area contributed by atoms with Gasteiger partial charge in [0.2, 0.25) is 0 Å². The van der Waals surface area contributed by atoms with Crippen molar-refractivity contribution in [1.29, 1.82) is 0 Å². The molecule has 5 nitrogen and oxygen atoms in total. The molecular formula is C17H19NO4S2. The van der Waals surface area contributed by atoms with E-state index in [0.29, 0.717) is 46.2 Å². The number of carbonyl (C=O) groups excluding carboxylic acids is 1. The van der Waals surface area contributed by atoms with Crippen LogP contribution in [0.1, 0.15) is 50.0 Å². The molecule has 0 unspecified atom stereocenters. The zero-order chi connectivity index (χ0) is 17.3. The van der Waals surface area contributed by atoms with Crippen LogP contribution in [0.15, 0.2) is 21.5 Å². The molecule has 1 aromatic heterocycles. The summed E-state index contributed by atoms with van der Waals surface area (Å²) in [6.45, 7) is 2.65. The van der Waals surface area contributed by atoms with Gasteiger partial charge in [0, 0.05) is 25.0 Å². The first-order chi connectivity index (χ1) is 11.5. The Morgan fingerprint density at radius 3 is 2.92 bits per heavy atom. The number of unbranched alkanes of at least 4 members (excludes halogenated alkanes) is 1. The lowest BCUT2D eigenvalue weighted by Crippen LogP contribution is -2.29. The van der Waals surface area contributed by atoms with Crippen molar-refractivity contribution in [2.24, 2.45) is 5.92 Å². The van der Waals surface area contributed by atoms with Crippen LogP contribution in [-0.4, -0.2) is 32.7 Å². The molecule has 128 valence electrons. The van der Waals surface area contributed by atoms with Gasteiger partial charge in [0.25, 0.3) is 5.91 Å². The fraction of sp³-hybridized carbons (Fsp3) is 0.471. The van der Waals surface area contributed by atoms with Gasteiger partial charge < -0.3 is 9.52 Å². The minimum atomic E-state index is -0.820. The second kappa shape index (κ2) is 7.11. The van der Waals surface area contributed by atoms with Crippen molar-refractivity contribution in [2.75, 3.05) is 6.54 Å². The normalized spacial score (nSPS) is 24.9. The van der Waals surface area contributed by atoms with Gasteiger partial charge in [0.05, 0.1) is 4.91 Å². The molecule has 0 bridgehead atoms. The van der Waals surface area contributed by atoms with E-state index in [0.717, 1.165) is 12.2 Å². The number of carboxylic acids is 1. The number of thiocarbonyl (C=S) groups is 1. The molecular weight excluding hydrogens is 346 g/mol. The molecule has 1 amide bonds. The third kappa shape index (κ3) is 3.89. The molecule has 1 saturated carbocycles. The Morgan fingerprint density at radius 1 is 1.50 bits per heavy atom. The number of hydrogen-bond donors (Lipinski definition) is 1. The zero-order valence-electron chi connectivity index (χ0n) is 13.4. The quantitative estimate of drug-likeness (QED) is 0.449. The van der Waals surface area contributed by atoms with E-state index < -0.39 is 5.97 Å². The Bertz CT molecular complexity index is 709. The van der Waals surface area contributed by atoms with Gasteiger partial charge in [0.15, 0.2) is 0 Å². The molecule has 2 atom stereocenters. The minimum absolute atomic E-state index is 0.111. The number of thioether (sulfide) groups is 1. The summed E-state index contributed by atoms with van der Waals surface area (Å²) in [6.07, 6.45) is 4.17. The Morgan fingerprint density at radius 2 is 2.25 bits per heavy atom. The van der Waals surface area contributed by atoms with Crippen LogP contribution in [0.4, 0.5) is 0 Å². The van der Waals surface area contributed by atoms with Crippen LogP contribution in [0.5, 0.6) is 0 Å². The first-order valence-electron chi connectivity index (χ1n) is 8.02. The van der Waals surface area contributed by atoms with E-state index in [1.165, 1.54) is 11.8 Å². The summed E-state index contributed by atoms with van der Waals surface area (Å²) < 4.78 is 6.33. The highest BCUT2D eigenvalue weighted by atomic mass is 32.2. The van der Waals surface area contributed by atoms with Gasteiger partial charge in [-0.25, -0.2) is 0 Å². The monoisotopic (exact) mass is 365 g/mol. The van der Waals surface area contributed by atoms with Crippen LogP contribution in [0.2, 0.25) is 0 Å². The number of aliphatic carboxylic acids is 1. The molecule has 2 heterocycles. The summed E-state index contributed by atoms with van der Waals surface area (Å²) in [7, 11) is 0. The molecule has 0 spiro atoms. The van der Waals surface area contributed by atoms with Gasteiger partial charge in [-0.1, -0.05) is 30.9 Å². The number of furan rings is 1. The smallest absolute Gasteiger partial charge is 0.303 e. The minimum Gasteiger partial charge on any atom is -0.481 e. The van der Waals surface area contributed by atoms with E-state index in [1.807, 2.05) is 12.1 Å². The van der Waals surface area contributed by atoms with Crippen LogP contribution in [-0.2, 0) is 9.59 Å².